The summed E-state index contributed by atoms with van der Waals surface area (Å²) in [5.41, 5.74) is 2.91. The highest BCUT2D eigenvalue weighted by molar-refractivity contribution is 6.30. The molecule has 1 unspecified atom stereocenters. The summed E-state index contributed by atoms with van der Waals surface area (Å²) in [5.74, 6) is 0.474. The fourth-order valence-electron chi connectivity index (χ4n) is 3.91. The smallest absolute Gasteiger partial charge is 0.255 e. The molecule has 1 aliphatic heterocycles. The van der Waals surface area contributed by atoms with Crippen molar-refractivity contribution < 1.29 is 4.79 Å². The summed E-state index contributed by atoms with van der Waals surface area (Å²) in [5, 5.41) is 0.629. The van der Waals surface area contributed by atoms with Crippen LogP contribution in [0.15, 0.2) is 53.6 Å². The van der Waals surface area contributed by atoms with Crippen molar-refractivity contribution in [2.24, 2.45) is 7.05 Å². The van der Waals surface area contributed by atoms with Crippen LogP contribution in [0.3, 0.4) is 0 Å². The maximum absolute atomic E-state index is 13.4. The van der Waals surface area contributed by atoms with E-state index in [0.29, 0.717) is 23.1 Å². The number of aryl methyl sites for hydroxylation is 1. The maximum atomic E-state index is 13.4. The molecular weight excluding hydrogens is 414 g/mol. The van der Waals surface area contributed by atoms with Crippen LogP contribution in [0.4, 0.5) is 5.95 Å². The molecule has 3 aromatic rings. The Morgan fingerprint density at radius 3 is 2.74 bits per heavy atom. The van der Waals surface area contributed by atoms with Gasteiger partial charge < -0.3 is 14.4 Å². The summed E-state index contributed by atoms with van der Waals surface area (Å²) in [6, 6.07) is 10.4. The zero-order chi connectivity index (χ0) is 22.1. The third-order valence-electron chi connectivity index (χ3n) is 5.50. The van der Waals surface area contributed by atoms with E-state index in [9.17, 15) is 9.59 Å². The number of nitrogens with zero attached hydrogens (tertiary/aromatic N) is 5. The number of rotatable bonds is 4. The lowest BCUT2D eigenvalue weighted by molar-refractivity contribution is 0.0732. The Kier molecular flexibility index (Phi) is 5.78. The second-order valence-electron chi connectivity index (χ2n) is 7.90. The number of anilines is 1. The van der Waals surface area contributed by atoms with Gasteiger partial charge in [-0.3, -0.25) is 9.59 Å². The Labute approximate surface area is 185 Å². The number of aromatic nitrogens is 3. The van der Waals surface area contributed by atoms with Crippen molar-refractivity contribution in [3.8, 4) is 11.1 Å². The van der Waals surface area contributed by atoms with Gasteiger partial charge in [0, 0.05) is 56.7 Å². The van der Waals surface area contributed by atoms with E-state index >= 15 is 0 Å². The maximum Gasteiger partial charge on any atom is 0.255 e. The Balaban J connectivity index is 1.79. The molecule has 1 fully saturated rings. The summed E-state index contributed by atoms with van der Waals surface area (Å²) in [7, 11) is 5.42. The van der Waals surface area contributed by atoms with E-state index in [2.05, 4.69) is 4.98 Å². The zero-order valence-electron chi connectivity index (χ0n) is 17.7. The van der Waals surface area contributed by atoms with Crippen LogP contribution in [0.25, 0.3) is 11.1 Å². The summed E-state index contributed by atoms with van der Waals surface area (Å²) in [6.07, 6.45) is 5.06. The van der Waals surface area contributed by atoms with E-state index in [1.54, 1.807) is 25.5 Å². The first kappa shape index (κ1) is 21.1. The highest BCUT2D eigenvalue weighted by Gasteiger charge is 2.34. The van der Waals surface area contributed by atoms with E-state index < -0.39 is 0 Å². The van der Waals surface area contributed by atoms with Crippen molar-refractivity contribution in [2.45, 2.75) is 18.9 Å². The summed E-state index contributed by atoms with van der Waals surface area (Å²) >= 11 is 6.23. The van der Waals surface area contributed by atoms with Gasteiger partial charge in [-0.25, -0.2) is 9.97 Å². The van der Waals surface area contributed by atoms with Crippen LogP contribution in [0.2, 0.25) is 5.02 Å². The van der Waals surface area contributed by atoms with Gasteiger partial charge in [0.1, 0.15) is 0 Å². The second-order valence-corrected chi connectivity index (χ2v) is 8.33. The molecule has 0 spiro atoms. The average molecular weight is 438 g/mol. The Morgan fingerprint density at radius 2 is 2.03 bits per heavy atom. The van der Waals surface area contributed by atoms with Gasteiger partial charge in [-0.05, 0) is 36.6 Å². The normalized spacial score (nSPS) is 15.9. The first-order valence-electron chi connectivity index (χ1n) is 10.1. The molecule has 31 heavy (non-hydrogen) atoms. The summed E-state index contributed by atoms with van der Waals surface area (Å²) in [4.78, 5) is 38.1. The molecule has 1 aliphatic rings. The topological polar surface area (TPSA) is 71.3 Å². The van der Waals surface area contributed by atoms with Gasteiger partial charge in [0.25, 0.3) is 5.91 Å². The van der Waals surface area contributed by atoms with Gasteiger partial charge in [-0.1, -0.05) is 23.7 Å². The largest absolute Gasteiger partial charge is 0.347 e. The fourth-order valence-corrected chi connectivity index (χ4v) is 4.10. The Hall–Kier alpha value is -3.19. The van der Waals surface area contributed by atoms with E-state index in [1.165, 1.54) is 10.6 Å². The predicted octanol–water partition coefficient (Wildman–Crippen LogP) is 3.54. The molecule has 0 bridgehead atoms. The summed E-state index contributed by atoms with van der Waals surface area (Å²) in [6.45, 7) is 0.628. The lowest BCUT2D eigenvalue weighted by atomic mass is 9.99. The van der Waals surface area contributed by atoms with Gasteiger partial charge in [0.15, 0.2) is 0 Å². The quantitative estimate of drug-likeness (QED) is 0.624. The molecule has 0 saturated carbocycles. The first-order chi connectivity index (χ1) is 14.8. The molecule has 8 heteroatoms. The van der Waals surface area contributed by atoms with Crippen LogP contribution >= 0.6 is 11.6 Å². The van der Waals surface area contributed by atoms with Crippen LogP contribution in [0.1, 0.15) is 34.9 Å². The molecule has 2 aromatic heterocycles. The molecule has 0 radical (unpaired) electrons. The highest BCUT2D eigenvalue weighted by Crippen LogP contribution is 2.38. The molecule has 3 heterocycles. The molecule has 7 nitrogen and oxygen atoms in total. The van der Waals surface area contributed by atoms with Gasteiger partial charge in [-0.2, -0.15) is 0 Å². The monoisotopic (exact) mass is 437 g/mol. The van der Waals surface area contributed by atoms with Crippen LogP contribution in [0.5, 0.6) is 0 Å². The zero-order valence-corrected chi connectivity index (χ0v) is 18.5. The minimum absolute atomic E-state index is 0.111. The van der Waals surface area contributed by atoms with Crippen LogP contribution < -0.4 is 10.5 Å². The molecule has 0 aliphatic carbocycles. The van der Waals surface area contributed by atoms with Gasteiger partial charge in [-0.15, -0.1) is 0 Å². The third kappa shape index (κ3) is 4.18. The summed E-state index contributed by atoms with van der Waals surface area (Å²) < 4.78 is 1.42. The molecule has 1 aromatic carbocycles. The molecule has 1 amide bonds. The van der Waals surface area contributed by atoms with E-state index in [0.717, 1.165) is 29.7 Å². The Bertz CT molecular complexity index is 1190. The number of hydrogen-bond donors (Lipinski definition) is 0. The molecule has 4 rings (SSSR count). The number of hydrogen-bond acceptors (Lipinski definition) is 5. The standard InChI is InChI=1S/C23H24ClN5O2/c1-27(2)23-25-13-18(15-6-4-7-17(24)12-15)21(26-23)19-8-5-11-29(19)22(31)16-9-10-20(30)28(3)14-16/h4,6-7,9-10,12-14,19H,5,8,11H2,1-3H3. The van der Waals surface area contributed by atoms with E-state index in [4.69, 9.17) is 16.6 Å². The molecular formula is C23H24ClN5O2. The first-order valence-corrected chi connectivity index (χ1v) is 10.5. The lowest BCUT2D eigenvalue weighted by Crippen LogP contribution is -2.32. The number of benzene rings is 1. The number of pyridine rings is 1. The van der Waals surface area contributed by atoms with Gasteiger partial charge in [0.2, 0.25) is 11.5 Å². The third-order valence-corrected chi connectivity index (χ3v) is 5.74. The predicted molar refractivity (Wildman–Crippen MR) is 121 cm³/mol. The number of carbonyl (C=O) groups excluding carboxylic acids is 1. The van der Waals surface area contributed by atoms with Crippen LogP contribution in [-0.2, 0) is 7.05 Å². The molecule has 1 atom stereocenters. The second kappa shape index (κ2) is 8.51. The minimum Gasteiger partial charge on any atom is -0.347 e. The number of halogens is 1. The molecule has 1 saturated heterocycles. The minimum atomic E-state index is -0.194. The van der Waals surface area contributed by atoms with Crippen LogP contribution in [0, 0.1) is 0 Å². The van der Waals surface area contributed by atoms with Crippen molar-refractivity contribution in [3.63, 3.8) is 0 Å². The van der Waals surface area contributed by atoms with Gasteiger partial charge >= 0.3 is 0 Å². The van der Waals surface area contributed by atoms with E-state index in [-0.39, 0.29) is 17.5 Å². The number of amides is 1. The van der Waals surface area contributed by atoms with E-state index in [1.807, 2.05) is 48.2 Å². The fraction of sp³-hybridized carbons (Fsp3) is 0.304. The van der Waals surface area contributed by atoms with Crippen molar-refractivity contribution >= 4 is 23.5 Å². The number of likely N-dealkylation sites (tertiary alicyclic amines) is 1. The molecule has 0 N–H and O–H groups in total. The Morgan fingerprint density at radius 1 is 1.23 bits per heavy atom. The van der Waals surface area contributed by atoms with Crippen molar-refractivity contribution in [1.82, 2.24) is 19.4 Å². The SMILES string of the molecule is CN(C)c1ncc(-c2cccc(Cl)c2)c(C2CCCN2C(=O)c2ccc(=O)n(C)c2)n1. The average Bonchev–Trinajstić information content (AvgIpc) is 3.24. The van der Waals surface area contributed by atoms with Crippen molar-refractivity contribution in [3.05, 3.63) is 75.4 Å². The van der Waals surface area contributed by atoms with Crippen molar-refractivity contribution in [1.29, 1.82) is 0 Å². The van der Waals surface area contributed by atoms with Crippen LogP contribution in [-0.4, -0.2) is 46.0 Å². The lowest BCUT2D eigenvalue weighted by Gasteiger charge is -2.27. The molecule has 160 valence electrons. The highest BCUT2D eigenvalue weighted by atomic mass is 35.5. The van der Waals surface area contributed by atoms with Gasteiger partial charge in [0.05, 0.1) is 17.3 Å². The van der Waals surface area contributed by atoms with Crippen molar-refractivity contribution in [2.75, 3.05) is 25.5 Å². The number of carbonyl (C=O) groups is 1.